The van der Waals surface area contributed by atoms with Crippen molar-refractivity contribution < 1.29 is 24.3 Å². The summed E-state index contributed by atoms with van der Waals surface area (Å²) < 4.78 is 6.06. The van der Waals surface area contributed by atoms with Gasteiger partial charge in [0, 0.05) is 37.1 Å². The average Bonchev–Trinajstić information content (AvgIpc) is 3.03. The van der Waals surface area contributed by atoms with Crippen molar-refractivity contribution in [3.05, 3.63) is 65.2 Å². The third-order valence-electron chi connectivity index (χ3n) is 6.30. The van der Waals surface area contributed by atoms with Crippen LogP contribution in [0.25, 0.3) is 0 Å². The van der Waals surface area contributed by atoms with Gasteiger partial charge < -0.3 is 14.5 Å². The molecule has 176 valence electrons. The molecule has 0 saturated carbocycles. The average molecular weight is 472 g/mol. The number of benzene rings is 2. The molecule has 2 heterocycles. The number of nitrogens with one attached hydrogen (secondary N) is 1. The van der Waals surface area contributed by atoms with Crippen molar-refractivity contribution in [2.75, 3.05) is 19.7 Å². The molecule has 2 N–H and O–H groups in total. The molecule has 0 spiro atoms. The third-order valence-corrected chi connectivity index (χ3v) is 6.30. The highest BCUT2D eigenvalue weighted by molar-refractivity contribution is 7.59. The first-order valence-electron chi connectivity index (χ1n) is 10.8. The number of carbonyl (C=O) groups is 3. The van der Waals surface area contributed by atoms with Crippen LogP contribution in [-0.2, 0) is 16.1 Å². The number of rotatable bonds is 3. The maximum Gasteiger partial charge on any atom is 0.274 e. The van der Waals surface area contributed by atoms with E-state index in [-0.39, 0.29) is 49.4 Å². The van der Waals surface area contributed by atoms with Crippen LogP contribution >= 0.6 is 13.5 Å². The van der Waals surface area contributed by atoms with Gasteiger partial charge in [-0.05, 0) is 30.5 Å². The normalized spacial score (nSPS) is 18.3. The Labute approximate surface area is 199 Å². The standard InChI is InChI=1S/C24H27N3O5.H2S/c1-16(28)26-11-9-18(10-12-26)24(30)27-14-20-8-7-19(23(29)25-31)13-22(20)32-15-21(27)17-5-3-2-4-6-17;/h2-8,13,18,21,31H,9-12,14-15H2,1H3,(H,25,29);1H2/t21-;/m1./s1. The minimum absolute atomic E-state index is 0. The van der Waals surface area contributed by atoms with Crippen molar-refractivity contribution >= 4 is 31.2 Å². The van der Waals surface area contributed by atoms with E-state index in [2.05, 4.69) is 0 Å². The lowest BCUT2D eigenvalue weighted by atomic mass is 9.93. The Bertz CT molecular complexity index is 1010. The Morgan fingerprint density at radius 2 is 1.76 bits per heavy atom. The Morgan fingerprint density at radius 3 is 2.39 bits per heavy atom. The van der Waals surface area contributed by atoms with Crippen molar-refractivity contribution in [1.29, 1.82) is 0 Å². The quantitative estimate of drug-likeness (QED) is 0.530. The molecule has 1 saturated heterocycles. The maximum atomic E-state index is 13.7. The minimum atomic E-state index is -0.620. The van der Waals surface area contributed by atoms with Crippen LogP contribution in [0.4, 0.5) is 0 Å². The van der Waals surface area contributed by atoms with Crippen LogP contribution in [0.1, 0.15) is 47.3 Å². The molecule has 0 radical (unpaired) electrons. The molecular weight excluding hydrogens is 442 g/mol. The van der Waals surface area contributed by atoms with E-state index in [1.165, 1.54) is 0 Å². The van der Waals surface area contributed by atoms with Crippen LogP contribution in [0.5, 0.6) is 5.75 Å². The van der Waals surface area contributed by atoms with Crippen LogP contribution < -0.4 is 10.2 Å². The van der Waals surface area contributed by atoms with Crippen LogP contribution in [0.15, 0.2) is 48.5 Å². The number of hydrogen-bond donors (Lipinski definition) is 2. The van der Waals surface area contributed by atoms with Crippen LogP contribution in [0.2, 0.25) is 0 Å². The Hall–Kier alpha value is -3.04. The van der Waals surface area contributed by atoms with E-state index in [0.29, 0.717) is 38.2 Å². The topological polar surface area (TPSA) is 99.2 Å². The summed E-state index contributed by atoms with van der Waals surface area (Å²) in [6.07, 6.45) is 1.28. The zero-order valence-corrected chi connectivity index (χ0v) is 19.5. The zero-order valence-electron chi connectivity index (χ0n) is 18.5. The Kier molecular flexibility index (Phi) is 7.99. The smallest absolute Gasteiger partial charge is 0.274 e. The van der Waals surface area contributed by atoms with Crippen LogP contribution in [0, 0.1) is 5.92 Å². The fourth-order valence-electron chi connectivity index (χ4n) is 4.44. The molecule has 0 aliphatic carbocycles. The molecule has 3 amide bonds. The van der Waals surface area contributed by atoms with Gasteiger partial charge in [0.1, 0.15) is 12.4 Å². The van der Waals surface area contributed by atoms with E-state index >= 15 is 0 Å². The molecule has 1 fully saturated rings. The minimum Gasteiger partial charge on any atom is -0.491 e. The Balaban J connectivity index is 0.00000306. The summed E-state index contributed by atoms with van der Waals surface area (Å²) in [4.78, 5) is 40.8. The summed E-state index contributed by atoms with van der Waals surface area (Å²) in [5, 5.41) is 8.93. The number of hydrogen-bond acceptors (Lipinski definition) is 5. The SMILES string of the molecule is CC(=O)N1CCC(C(=O)N2Cc3ccc(C(=O)NO)cc3OC[C@@H]2c2ccccc2)CC1.S. The number of amides is 3. The molecule has 1 atom stereocenters. The molecule has 0 bridgehead atoms. The molecule has 33 heavy (non-hydrogen) atoms. The second-order valence-electron chi connectivity index (χ2n) is 8.25. The molecule has 4 rings (SSSR count). The predicted octanol–water partition coefficient (Wildman–Crippen LogP) is 2.64. The van der Waals surface area contributed by atoms with E-state index in [1.54, 1.807) is 35.5 Å². The molecular formula is C24H29N3O5S. The molecule has 0 aromatic heterocycles. The largest absolute Gasteiger partial charge is 0.491 e. The second kappa shape index (κ2) is 10.7. The van der Waals surface area contributed by atoms with E-state index in [9.17, 15) is 14.4 Å². The van der Waals surface area contributed by atoms with Crippen molar-refractivity contribution in [2.45, 2.75) is 32.4 Å². The van der Waals surface area contributed by atoms with Gasteiger partial charge in [-0.3, -0.25) is 19.6 Å². The number of likely N-dealkylation sites (tertiary alicyclic amines) is 1. The lowest BCUT2D eigenvalue weighted by Gasteiger charge is -2.36. The first kappa shape index (κ1) is 24.6. The van der Waals surface area contributed by atoms with E-state index in [1.807, 2.05) is 35.2 Å². The molecule has 2 aromatic rings. The van der Waals surface area contributed by atoms with Gasteiger partial charge in [0.15, 0.2) is 0 Å². The van der Waals surface area contributed by atoms with Gasteiger partial charge in [-0.1, -0.05) is 36.4 Å². The summed E-state index contributed by atoms with van der Waals surface area (Å²) in [7, 11) is 0. The fourth-order valence-corrected chi connectivity index (χ4v) is 4.44. The molecule has 2 aliphatic rings. The van der Waals surface area contributed by atoms with Gasteiger partial charge in [0.25, 0.3) is 5.91 Å². The summed E-state index contributed by atoms with van der Waals surface area (Å²) in [5.74, 6) is -0.162. The van der Waals surface area contributed by atoms with Gasteiger partial charge in [-0.2, -0.15) is 13.5 Å². The van der Waals surface area contributed by atoms with E-state index in [0.717, 1.165) is 11.1 Å². The molecule has 8 nitrogen and oxygen atoms in total. The summed E-state index contributed by atoms with van der Waals surface area (Å²) >= 11 is 0. The van der Waals surface area contributed by atoms with Gasteiger partial charge in [-0.25, -0.2) is 5.48 Å². The van der Waals surface area contributed by atoms with Crippen molar-refractivity contribution in [1.82, 2.24) is 15.3 Å². The lowest BCUT2D eigenvalue weighted by Crippen LogP contribution is -2.45. The highest BCUT2D eigenvalue weighted by atomic mass is 32.1. The fraction of sp³-hybridized carbons (Fsp3) is 0.375. The number of fused-ring (bicyclic) bond motifs is 1. The van der Waals surface area contributed by atoms with Crippen molar-refractivity contribution in [2.24, 2.45) is 5.92 Å². The van der Waals surface area contributed by atoms with Gasteiger partial charge in [0.2, 0.25) is 11.8 Å². The predicted molar refractivity (Wildman–Crippen MR) is 126 cm³/mol. The second-order valence-corrected chi connectivity index (χ2v) is 8.25. The van der Waals surface area contributed by atoms with Crippen molar-refractivity contribution in [3.8, 4) is 5.75 Å². The van der Waals surface area contributed by atoms with E-state index in [4.69, 9.17) is 9.94 Å². The summed E-state index contributed by atoms with van der Waals surface area (Å²) in [5.41, 5.74) is 3.68. The first-order chi connectivity index (χ1) is 15.5. The van der Waals surface area contributed by atoms with Gasteiger partial charge in [-0.15, -0.1) is 0 Å². The highest BCUT2D eigenvalue weighted by Crippen LogP contribution is 2.34. The molecule has 9 heteroatoms. The van der Waals surface area contributed by atoms with Crippen LogP contribution in [0.3, 0.4) is 0 Å². The number of ether oxygens (including phenoxy) is 1. The van der Waals surface area contributed by atoms with E-state index < -0.39 is 5.91 Å². The summed E-state index contributed by atoms with van der Waals surface area (Å²) in [6, 6.07) is 14.4. The number of nitrogens with zero attached hydrogens (tertiary/aromatic N) is 2. The van der Waals surface area contributed by atoms with Gasteiger partial charge in [0.05, 0.1) is 12.6 Å². The molecule has 2 aliphatic heterocycles. The highest BCUT2D eigenvalue weighted by Gasteiger charge is 2.35. The van der Waals surface area contributed by atoms with Gasteiger partial charge >= 0.3 is 0 Å². The number of hydroxylamine groups is 1. The number of carbonyl (C=O) groups excluding carboxylic acids is 3. The maximum absolute atomic E-state index is 13.7. The lowest BCUT2D eigenvalue weighted by molar-refractivity contribution is -0.143. The zero-order chi connectivity index (χ0) is 22.7. The third kappa shape index (κ3) is 5.31. The van der Waals surface area contributed by atoms with Crippen LogP contribution in [-0.4, -0.2) is 52.4 Å². The Morgan fingerprint density at radius 1 is 1.06 bits per heavy atom. The molecule has 2 aromatic carbocycles. The summed E-state index contributed by atoms with van der Waals surface area (Å²) in [6.45, 7) is 3.33. The first-order valence-corrected chi connectivity index (χ1v) is 10.8. The molecule has 0 unspecified atom stereocenters. The monoisotopic (exact) mass is 471 g/mol. The number of piperidine rings is 1. The van der Waals surface area contributed by atoms with Crippen molar-refractivity contribution in [3.63, 3.8) is 0 Å².